The van der Waals surface area contributed by atoms with Crippen LogP contribution in [0.2, 0.25) is 0 Å². The lowest BCUT2D eigenvalue weighted by atomic mass is 10.1. The van der Waals surface area contributed by atoms with Crippen LogP contribution in [0, 0.1) is 20.8 Å². The van der Waals surface area contributed by atoms with Gasteiger partial charge in [0, 0.05) is 11.8 Å². The number of carbonyl (C=O) groups is 1. The fourth-order valence-corrected chi connectivity index (χ4v) is 5.03. The minimum atomic E-state index is -4.23. The summed E-state index contributed by atoms with van der Waals surface area (Å²) in [6, 6.07) is 16.7. The summed E-state index contributed by atoms with van der Waals surface area (Å²) >= 11 is 0. The van der Waals surface area contributed by atoms with Gasteiger partial charge in [-0.15, -0.1) is 0 Å². The number of ether oxygens (including phenoxy) is 3. The van der Waals surface area contributed by atoms with Crippen LogP contribution in [0.5, 0.6) is 23.1 Å². The number of methoxy groups -OCH3 is 1. The van der Waals surface area contributed by atoms with Crippen molar-refractivity contribution >= 4 is 15.9 Å². The summed E-state index contributed by atoms with van der Waals surface area (Å²) in [5, 5.41) is -0.280. The second-order valence-corrected chi connectivity index (χ2v) is 10.4. The van der Waals surface area contributed by atoms with Crippen molar-refractivity contribution in [3.63, 3.8) is 0 Å². The van der Waals surface area contributed by atoms with Gasteiger partial charge in [0.2, 0.25) is 5.88 Å². The number of amides is 1. The Labute approximate surface area is 227 Å². The molecule has 2 heterocycles. The van der Waals surface area contributed by atoms with Crippen LogP contribution in [0.25, 0.3) is 11.3 Å². The largest absolute Gasteiger partial charge is 0.493 e. The van der Waals surface area contributed by atoms with Gasteiger partial charge in [0.25, 0.3) is 15.9 Å². The van der Waals surface area contributed by atoms with Crippen molar-refractivity contribution in [2.75, 3.05) is 13.7 Å². The van der Waals surface area contributed by atoms with Crippen molar-refractivity contribution in [1.82, 2.24) is 14.7 Å². The van der Waals surface area contributed by atoms with Crippen molar-refractivity contribution in [3.8, 4) is 34.4 Å². The van der Waals surface area contributed by atoms with Gasteiger partial charge in [-0.3, -0.25) is 4.79 Å². The molecule has 0 unspecified atom stereocenters. The van der Waals surface area contributed by atoms with E-state index >= 15 is 0 Å². The van der Waals surface area contributed by atoms with Crippen molar-refractivity contribution in [2.24, 2.45) is 0 Å². The van der Waals surface area contributed by atoms with Gasteiger partial charge in [0.1, 0.15) is 11.3 Å². The molecule has 0 saturated carbocycles. The summed E-state index contributed by atoms with van der Waals surface area (Å²) in [5.74, 6) is 0.677. The first-order valence-electron chi connectivity index (χ1n) is 12.2. The molecule has 4 aromatic rings. The Kier molecular flexibility index (Phi) is 8.15. The molecule has 0 fully saturated rings. The third-order valence-corrected chi connectivity index (χ3v) is 7.05. The molecule has 0 aliphatic carbocycles. The lowest BCUT2D eigenvalue weighted by molar-refractivity contribution is 0.0978. The van der Waals surface area contributed by atoms with E-state index in [0.29, 0.717) is 35.1 Å². The van der Waals surface area contributed by atoms with Crippen LogP contribution in [0.15, 0.2) is 71.9 Å². The molecule has 9 nitrogen and oxygen atoms in total. The molecule has 10 heteroatoms. The molecule has 0 saturated heterocycles. The van der Waals surface area contributed by atoms with Crippen molar-refractivity contribution in [2.45, 2.75) is 32.7 Å². The smallest absolute Gasteiger partial charge is 0.281 e. The van der Waals surface area contributed by atoms with Gasteiger partial charge in [0.15, 0.2) is 16.5 Å². The zero-order valence-electron chi connectivity index (χ0n) is 22.3. The predicted molar refractivity (Wildman–Crippen MR) is 147 cm³/mol. The van der Waals surface area contributed by atoms with E-state index in [0.717, 1.165) is 16.7 Å². The van der Waals surface area contributed by atoms with E-state index in [2.05, 4.69) is 14.7 Å². The lowest BCUT2D eigenvalue weighted by Crippen LogP contribution is -2.31. The number of sulfonamides is 1. The second-order valence-electron chi connectivity index (χ2n) is 8.78. The number of nitrogens with zero attached hydrogens (tertiary/aromatic N) is 2. The van der Waals surface area contributed by atoms with Crippen LogP contribution < -0.4 is 18.9 Å². The Morgan fingerprint density at radius 3 is 2.33 bits per heavy atom. The molecule has 4 rings (SSSR count). The van der Waals surface area contributed by atoms with E-state index in [1.54, 1.807) is 31.4 Å². The van der Waals surface area contributed by atoms with Crippen molar-refractivity contribution < 1.29 is 27.4 Å². The molecule has 0 aliphatic rings. The average molecular weight is 548 g/mol. The van der Waals surface area contributed by atoms with Crippen LogP contribution in [0.3, 0.4) is 0 Å². The van der Waals surface area contributed by atoms with Crippen LogP contribution >= 0.6 is 0 Å². The Balaban J connectivity index is 1.79. The first-order chi connectivity index (χ1) is 18.6. The monoisotopic (exact) mass is 547 g/mol. The summed E-state index contributed by atoms with van der Waals surface area (Å²) in [7, 11) is -2.68. The quantitative estimate of drug-likeness (QED) is 0.297. The van der Waals surface area contributed by atoms with E-state index in [9.17, 15) is 13.2 Å². The van der Waals surface area contributed by atoms with Crippen LogP contribution in [0.4, 0.5) is 0 Å². The molecule has 2 aromatic heterocycles. The van der Waals surface area contributed by atoms with Crippen molar-refractivity contribution in [3.05, 3.63) is 89.1 Å². The van der Waals surface area contributed by atoms with Gasteiger partial charge in [-0.25, -0.2) is 14.7 Å². The first kappa shape index (κ1) is 27.6. The van der Waals surface area contributed by atoms with E-state index < -0.39 is 15.9 Å². The number of hydrogen-bond donors (Lipinski definition) is 1. The van der Waals surface area contributed by atoms with Crippen LogP contribution in [-0.4, -0.2) is 38.0 Å². The minimum Gasteiger partial charge on any atom is -0.493 e. The Hall–Kier alpha value is -4.44. The van der Waals surface area contributed by atoms with Gasteiger partial charge >= 0.3 is 0 Å². The van der Waals surface area contributed by atoms with E-state index in [-0.39, 0.29) is 16.5 Å². The Bertz CT molecular complexity index is 1600. The van der Waals surface area contributed by atoms with Crippen LogP contribution in [-0.2, 0) is 10.0 Å². The highest BCUT2D eigenvalue weighted by Crippen LogP contribution is 2.35. The molecule has 0 radical (unpaired) electrons. The number of aromatic nitrogens is 2. The predicted octanol–water partition coefficient (Wildman–Crippen LogP) is 5.39. The molecule has 0 aliphatic heterocycles. The fraction of sp³-hybridized carbons (Fsp3) is 0.207. The molecule has 202 valence electrons. The number of hydrogen-bond acceptors (Lipinski definition) is 8. The Morgan fingerprint density at radius 2 is 1.69 bits per heavy atom. The van der Waals surface area contributed by atoms with E-state index in [4.69, 9.17) is 14.2 Å². The summed E-state index contributed by atoms with van der Waals surface area (Å²) in [4.78, 5) is 21.7. The highest BCUT2D eigenvalue weighted by molar-refractivity contribution is 7.90. The van der Waals surface area contributed by atoms with Gasteiger partial charge in [-0.2, -0.15) is 8.42 Å². The number of rotatable bonds is 9. The number of aryl methyl sites for hydroxylation is 3. The highest BCUT2D eigenvalue weighted by atomic mass is 32.2. The normalized spacial score (nSPS) is 11.1. The van der Waals surface area contributed by atoms with E-state index in [1.165, 1.54) is 24.4 Å². The Morgan fingerprint density at radius 1 is 0.949 bits per heavy atom. The lowest BCUT2D eigenvalue weighted by Gasteiger charge is -2.16. The van der Waals surface area contributed by atoms with Gasteiger partial charge in [-0.1, -0.05) is 23.8 Å². The SMILES string of the molecule is CCOc1ccc(-c2ccc(C(=O)NS(=O)(=O)c3ccccn3)c(Oc3c(C)cc(C)cc3C)n2)cc1OC. The zero-order valence-corrected chi connectivity index (χ0v) is 23.1. The standard InChI is InChI=1S/C29H29N3O6S/c1-6-37-24-13-10-21(17-25(24)36-5)23-12-11-22(28(33)32-39(34,35)26-9-7-8-14-30-26)29(31-23)38-27-19(3)15-18(2)16-20(27)4/h7-17H,6H2,1-5H3,(H,32,33). The third kappa shape index (κ3) is 6.18. The summed E-state index contributed by atoms with van der Waals surface area (Å²) < 4.78 is 44.9. The molecule has 39 heavy (non-hydrogen) atoms. The first-order valence-corrected chi connectivity index (χ1v) is 13.7. The molecule has 1 N–H and O–H groups in total. The third-order valence-electron chi connectivity index (χ3n) is 5.81. The maximum absolute atomic E-state index is 13.3. The van der Waals surface area contributed by atoms with E-state index in [1.807, 2.05) is 45.9 Å². The number of pyridine rings is 2. The average Bonchev–Trinajstić information content (AvgIpc) is 2.91. The molecular formula is C29H29N3O6S. The highest BCUT2D eigenvalue weighted by Gasteiger charge is 2.24. The molecular weight excluding hydrogens is 518 g/mol. The molecule has 2 aromatic carbocycles. The molecule has 0 bridgehead atoms. The molecule has 0 atom stereocenters. The van der Waals surface area contributed by atoms with Gasteiger partial charge in [-0.05, 0) is 81.3 Å². The fourth-order valence-electron chi connectivity index (χ4n) is 4.11. The summed E-state index contributed by atoms with van der Waals surface area (Å²) in [5.41, 5.74) is 3.85. The maximum Gasteiger partial charge on any atom is 0.281 e. The maximum atomic E-state index is 13.3. The minimum absolute atomic E-state index is 0.0517. The van der Waals surface area contributed by atoms with Crippen LogP contribution in [0.1, 0.15) is 34.0 Å². The van der Waals surface area contributed by atoms with Gasteiger partial charge < -0.3 is 14.2 Å². The summed E-state index contributed by atoms with van der Waals surface area (Å²) in [6.45, 7) is 8.12. The van der Waals surface area contributed by atoms with Gasteiger partial charge in [0.05, 0.1) is 19.4 Å². The number of carbonyl (C=O) groups excluding carboxylic acids is 1. The molecule has 1 amide bonds. The molecule has 0 spiro atoms. The zero-order chi connectivity index (χ0) is 28.2. The summed E-state index contributed by atoms with van der Waals surface area (Å²) in [6.07, 6.45) is 1.33. The second kappa shape index (κ2) is 11.5. The topological polar surface area (TPSA) is 117 Å². The number of nitrogens with one attached hydrogen (secondary N) is 1. The number of benzene rings is 2. The van der Waals surface area contributed by atoms with Crippen molar-refractivity contribution in [1.29, 1.82) is 0 Å².